The van der Waals surface area contributed by atoms with E-state index in [4.69, 9.17) is 4.52 Å². The van der Waals surface area contributed by atoms with E-state index < -0.39 is 0 Å². The van der Waals surface area contributed by atoms with Crippen LogP contribution in [0.2, 0.25) is 0 Å². The molecule has 1 amide bonds. The predicted octanol–water partition coefficient (Wildman–Crippen LogP) is 3.02. The first-order chi connectivity index (χ1) is 12.7. The minimum absolute atomic E-state index is 0. The summed E-state index contributed by atoms with van der Waals surface area (Å²) < 4.78 is 4.86. The molecule has 1 N–H and O–H groups in total. The summed E-state index contributed by atoms with van der Waals surface area (Å²) in [6, 6.07) is 9.97. The van der Waals surface area contributed by atoms with E-state index in [1.54, 1.807) is 13.3 Å². The lowest BCUT2D eigenvalue weighted by atomic mass is 10.1. The first-order valence-corrected chi connectivity index (χ1v) is 8.87. The highest BCUT2D eigenvalue weighted by atomic mass is 127. The topological polar surface area (TPSA) is 74.0 Å². The molecule has 1 aliphatic heterocycles. The molecule has 1 aliphatic rings. The summed E-state index contributed by atoms with van der Waals surface area (Å²) in [6.07, 6.45) is 4.28. The normalized spacial score (nSPS) is 14.7. The van der Waals surface area contributed by atoms with Gasteiger partial charge in [0.15, 0.2) is 5.96 Å². The maximum Gasteiger partial charge on any atom is 0.226 e. The van der Waals surface area contributed by atoms with Crippen LogP contribution in [0, 0.1) is 0 Å². The molecule has 8 heteroatoms. The second-order valence-corrected chi connectivity index (χ2v) is 6.42. The number of anilines is 1. The summed E-state index contributed by atoms with van der Waals surface area (Å²) in [4.78, 5) is 20.2. The van der Waals surface area contributed by atoms with Gasteiger partial charge >= 0.3 is 0 Å². The number of carbonyl (C=O) groups is 1. The van der Waals surface area contributed by atoms with Crippen molar-refractivity contribution in [1.29, 1.82) is 0 Å². The quantitative estimate of drug-likeness (QED) is 0.402. The Labute approximate surface area is 176 Å². The molecule has 0 unspecified atom stereocenters. The number of benzene rings is 1. The Morgan fingerprint density at radius 3 is 2.70 bits per heavy atom. The largest absolute Gasteiger partial charge is 0.364 e. The molecule has 3 rings (SSSR count). The molecule has 1 fully saturated rings. The van der Waals surface area contributed by atoms with Crippen LogP contribution in [-0.4, -0.2) is 42.6 Å². The Bertz CT molecular complexity index is 746. The number of rotatable bonds is 5. The number of nitrogens with zero attached hydrogens (tertiary/aromatic N) is 4. The molecule has 146 valence electrons. The van der Waals surface area contributed by atoms with Crippen LogP contribution in [0.15, 0.2) is 46.1 Å². The molecule has 1 saturated heterocycles. The fourth-order valence-electron chi connectivity index (χ4n) is 3.08. The molecule has 0 aliphatic carbocycles. The van der Waals surface area contributed by atoms with E-state index in [2.05, 4.69) is 27.6 Å². The van der Waals surface area contributed by atoms with Gasteiger partial charge in [-0.05, 0) is 30.5 Å². The summed E-state index contributed by atoms with van der Waals surface area (Å²) in [6.45, 7) is 2.09. The molecule has 27 heavy (non-hydrogen) atoms. The zero-order valence-corrected chi connectivity index (χ0v) is 18.1. The number of aliphatic imine (C=N–C) groups is 1. The number of nitrogens with one attached hydrogen (secondary N) is 1. The lowest BCUT2D eigenvalue weighted by Crippen LogP contribution is -2.38. The Kier molecular flexibility index (Phi) is 8.08. The van der Waals surface area contributed by atoms with Gasteiger partial charge in [-0.3, -0.25) is 9.79 Å². The summed E-state index contributed by atoms with van der Waals surface area (Å²) in [7, 11) is 3.71. The van der Waals surface area contributed by atoms with Crippen molar-refractivity contribution in [1.82, 2.24) is 15.4 Å². The summed E-state index contributed by atoms with van der Waals surface area (Å²) in [5.74, 6) is 1.00. The fourth-order valence-corrected chi connectivity index (χ4v) is 3.08. The van der Waals surface area contributed by atoms with Crippen LogP contribution in [0.5, 0.6) is 0 Å². The van der Waals surface area contributed by atoms with E-state index in [1.165, 1.54) is 0 Å². The number of amides is 1. The maximum absolute atomic E-state index is 12.0. The predicted molar refractivity (Wildman–Crippen MR) is 116 cm³/mol. The molecule has 7 nitrogen and oxygen atoms in total. The monoisotopic (exact) mass is 483 g/mol. The van der Waals surface area contributed by atoms with Gasteiger partial charge < -0.3 is 19.6 Å². The molecule has 0 atom stereocenters. The van der Waals surface area contributed by atoms with Gasteiger partial charge in [0, 0.05) is 45.4 Å². The van der Waals surface area contributed by atoms with Crippen LogP contribution in [0.3, 0.4) is 0 Å². The number of hydrogen-bond acceptors (Lipinski definition) is 4. The van der Waals surface area contributed by atoms with Crippen molar-refractivity contribution in [3.05, 3.63) is 47.9 Å². The average molecular weight is 483 g/mol. The van der Waals surface area contributed by atoms with Gasteiger partial charge in [0.05, 0.1) is 6.54 Å². The van der Waals surface area contributed by atoms with Crippen LogP contribution < -0.4 is 10.2 Å². The van der Waals surface area contributed by atoms with E-state index in [0.29, 0.717) is 19.5 Å². The number of aromatic nitrogens is 1. The Morgan fingerprint density at radius 1 is 1.30 bits per heavy atom. The summed E-state index contributed by atoms with van der Waals surface area (Å²) in [5, 5.41) is 7.26. The van der Waals surface area contributed by atoms with Crippen molar-refractivity contribution in [3.63, 3.8) is 0 Å². The Hall–Kier alpha value is -2.10. The van der Waals surface area contributed by atoms with E-state index in [1.807, 2.05) is 35.0 Å². The zero-order chi connectivity index (χ0) is 18.4. The molecular formula is C19H26IN5O2. The summed E-state index contributed by atoms with van der Waals surface area (Å²) in [5.41, 5.74) is 2.96. The highest BCUT2D eigenvalue weighted by Crippen LogP contribution is 2.21. The van der Waals surface area contributed by atoms with E-state index >= 15 is 0 Å². The average Bonchev–Trinajstić information content (AvgIpc) is 3.16. The van der Waals surface area contributed by atoms with E-state index in [9.17, 15) is 4.79 Å². The SMILES string of the molecule is CN=C(NCc1ccc(N2CCCCC2=O)cc1)N(C)Cc1ccon1.I. The molecule has 2 heterocycles. The van der Waals surface area contributed by atoms with Crippen LogP contribution in [-0.2, 0) is 17.9 Å². The number of carbonyl (C=O) groups excluding carboxylic acids is 1. The van der Waals surface area contributed by atoms with Gasteiger partial charge in [-0.25, -0.2) is 0 Å². The summed E-state index contributed by atoms with van der Waals surface area (Å²) >= 11 is 0. The fraction of sp³-hybridized carbons (Fsp3) is 0.421. The first kappa shape index (κ1) is 21.2. The van der Waals surface area contributed by atoms with Gasteiger partial charge in [0.25, 0.3) is 0 Å². The second kappa shape index (κ2) is 10.3. The third-order valence-corrected chi connectivity index (χ3v) is 4.49. The molecule has 2 aromatic rings. The van der Waals surface area contributed by atoms with Gasteiger partial charge in [0.1, 0.15) is 12.0 Å². The first-order valence-electron chi connectivity index (χ1n) is 8.87. The molecule has 1 aromatic heterocycles. The number of piperidine rings is 1. The molecule has 0 saturated carbocycles. The van der Waals surface area contributed by atoms with Crippen molar-refractivity contribution >= 4 is 41.5 Å². The van der Waals surface area contributed by atoms with Crippen molar-refractivity contribution < 1.29 is 9.32 Å². The van der Waals surface area contributed by atoms with Crippen molar-refractivity contribution in [2.45, 2.75) is 32.4 Å². The highest BCUT2D eigenvalue weighted by molar-refractivity contribution is 14.0. The number of halogens is 1. The third kappa shape index (κ3) is 5.69. The molecular weight excluding hydrogens is 457 g/mol. The van der Waals surface area contributed by atoms with Gasteiger partial charge in [-0.15, -0.1) is 24.0 Å². The van der Waals surface area contributed by atoms with Crippen LogP contribution >= 0.6 is 24.0 Å². The second-order valence-electron chi connectivity index (χ2n) is 6.42. The smallest absolute Gasteiger partial charge is 0.226 e. The lowest BCUT2D eigenvalue weighted by molar-refractivity contribution is -0.119. The highest BCUT2D eigenvalue weighted by Gasteiger charge is 2.19. The molecule has 0 bridgehead atoms. The van der Waals surface area contributed by atoms with E-state index in [-0.39, 0.29) is 29.9 Å². The van der Waals surface area contributed by atoms with Gasteiger partial charge in [-0.1, -0.05) is 17.3 Å². The van der Waals surface area contributed by atoms with Crippen molar-refractivity contribution in [3.8, 4) is 0 Å². The van der Waals surface area contributed by atoms with Crippen LogP contribution in [0.1, 0.15) is 30.5 Å². The third-order valence-electron chi connectivity index (χ3n) is 4.49. The maximum atomic E-state index is 12.0. The van der Waals surface area contributed by atoms with Gasteiger partial charge in [-0.2, -0.15) is 0 Å². The Morgan fingerprint density at radius 2 is 2.07 bits per heavy atom. The van der Waals surface area contributed by atoms with Crippen molar-refractivity contribution in [2.75, 3.05) is 25.5 Å². The molecule has 0 radical (unpaired) electrons. The molecule has 1 aromatic carbocycles. The van der Waals surface area contributed by atoms with Gasteiger partial charge in [0.2, 0.25) is 5.91 Å². The van der Waals surface area contributed by atoms with Crippen molar-refractivity contribution in [2.24, 2.45) is 4.99 Å². The molecule has 0 spiro atoms. The zero-order valence-electron chi connectivity index (χ0n) is 15.7. The minimum atomic E-state index is 0. The number of guanidine groups is 1. The number of hydrogen-bond donors (Lipinski definition) is 1. The lowest BCUT2D eigenvalue weighted by Gasteiger charge is -2.27. The van der Waals surface area contributed by atoms with Crippen LogP contribution in [0.4, 0.5) is 5.69 Å². The van der Waals surface area contributed by atoms with Crippen LogP contribution in [0.25, 0.3) is 0 Å². The Balaban J connectivity index is 0.00000261. The van der Waals surface area contributed by atoms with E-state index in [0.717, 1.165) is 42.3 Å². The minimum Gasteiger partial charge on any atom is -0.364 e. The standard InChI is InChI=1S/C19H25N5O2.HI/c1-20-19(23(2)14-16-10-12-26-22-16)21-13-15-6-8-17(9-7-15)24-11-4-3-5-18(24)25;/h6-10,12H,3-5,11,13-14H2,1-2H3,(H,20,21);1H.